The summed E-state index contributed by atoms with van der Waals surface area (Å²) in [5.41, 5.74) is 9.28. The van der Waals surface area contributed by atoms with Crippen molar-refractivity contribution in [2.45, 2.75) is 6.92 Å². The highest BCUT2D eigenvalue weighted by Crippen LogP contribution is 2.29. The molecule has 3 N–H and O–H groups in total. The Morgan fingerprint density at radius 2 is 1.88 bits per heavy atom. The number of hydrogen-bond donors (Lipinski definition) is 2. The predicted molar refractivity (Wildman–Crippen MR) is 106 cm³/mol. The molecule has 1 fully saturated rings. The molecule has 0 aromatic heterocycles. The monoisotopic (exact) mass is 354 g/mol. The SMILES string of the molecule is Cc1ccccc1OCC(=O)Nc1cc(N)ccc1N1CCN(C)CC1. The Labute approximate surface area is 154 Å². The first kappa shape index (κ1) is 18.1. The van der Waals surface area contributed by atoms with Gasteiger partial charge in [-0.15, -0.1) is 0 Å². The van der Waals surface area contributed by atoms with Crippen LogP contribution in [0.4, 0.5) is 17.1 Å². The van der Waals surface area contributed by atoms with Gasteiger partial charge < -0.3 is 25.6 Å². The summed E-state index contributed by atoms with van der Waals surface area (Å²) in [6.45, 7) is 5.74. The second kappa shape index (κ2) is 8.10. The molecule has 6 nitrogen and oxygen atoms in total. The van der Waals surface area contributed by atoms with Crippen molar-refractivity contribution in [3.05, 3.63) is 48.0 Å². The van der Waals surface area contributed by atoms with Gasteiger partial charge in [0.25, 0.3) is 5.91 Å². The molecule has 1 amide bonds. The molecule has 2 aromatic rings. The molecule has 6 heteroatoms. The zero-order chi connectivity index (χ0) is 18.5. The fraction of sp³-hybridized carbons (Fsp3) is 0.350. The van der Waals surface area contributed by atoms with E-state index in [2.05, 4.69) is 22.2 Å². The van der Waals surface area contributed by atoms with Crippen molar-refractivity contribution in [1.29, 1.82) is 0 Å². The molecule has 1 saturated heterocycles. The van der Waals surface area contributed by atoms with E-state index in [1.54, 1.807) is 6.07 Å². The maximum atomic E-state index is 12.4. The highest BCUT2D eigenvalue weighted by molar-refractivity contribution is 5.96. The molecule has 2 aromatic carbocycles. The van der Waals surface area contributed by atoms with Crippen LogP contribution in [0.2, 0.25) is 0 Å². The summed E-state index contributed by atoms with van der Waals surface area (Å²) in [5, 5.41) is 2.95. The van der Waals surface area contributed by atoms with Gasteiger partial charge in [0.1, 0.15) is 5.75 Å². The van der Waals surface area contributed by atoms with Crippen LogP contribution in [-0.2, 0) is 4.79 Å². The van der Waals surface area contributed by atoms with Gasteiger partial charge in [-0.25, -0.2) is 0 Å². The molecule has 0 unspecified atom stereocenters. The van der Waals surface area contributed by atoms with Gasteiger partial charge in [-0.2, -0.15) is 0 Å². The van der Waals surface area contributed by atoms with Crippen LogP contribution in [0.3, 0.4) is 0 Å². The van der Waals surface area contributed by atoms with Gasteiger partial charge in [0.05, 0.1) is 11.4 Å². The van der Waals surface area contributed by atoms with Crippen molar-refractivity contribution in [3.63, 3.8) is 0 Å². The summed E-state index contributed by atoms with van der Waals surface area (Å²) in [6, 6.07) is 13.3. The van der Waals surface area contributed by atoms with Crippen molar-refractivity contribution in [1.82, 2.24) is 4.90 Å². The smallest absolute Gasteiger partial charge is 0.262 e. The third-order valence-corrected chi connectivity index (χ3v) is 4.59. The van der Waals surface area contributed by atoms with Crippen LogP contribution in [0.15, 0.2) is 42.5 Å². The van der Waals surface area contributed by atoms with Gasteiger partial charge >= 0.3 is 0 Å². The van der Waals surface area contributed by atoms with Gasteiger partial charge in [-0.05, 0) is 43.8 Å². The summed E-state index contributed by atoms with van der Waals surface area (Å²) in [6.07, 6.45) is 0. The Kier molecular flexibility index (Phi) is 5.63. The number of ether oxygens (including phenoxy) is 1. The molecular weight excluding hydrogens is 328 g/mol. The van der Waals surface area contributed by atoms with Crippen molar-refractivity contribution >= 4 is 23.0 Å². The molecule has 1 aliphatic heterocycles. The Morgan fingerprint density at radius 3 is 2.62 bits per heavy atom. The van der Waals surface area contributed by atoms with Crippen LogP contribution < -0.4 is 20.7 Å². The van der Waals surface area contributed by atoms with Crippen LogP contribution in [0.1, 0.15) is 5.56 Å². The first-order chi connectivity index (χ1) is 12.5. The number of aryl methyl sites for hydroxylation is 1. The normalized spacial score (nSPS) is 14.9. The standard InChI is InChI=1S/C20H26N4O2/c1-15-5-3-4-6-19(15)26-14-20(25)22-17-13-16(21)7-8-18(17)24-11-9-23(2)10-12-24/h3-8,13H,9-12,14,21H2,1-2H3,(H,22,25). The average molecular weight is 354 g/mol. The van der Waals surface area contributed by atoms with E-state index in [4.69, 9.17) is 10.5 Å². The minimum atomic E-state index is -0.200. The summed E-state index contributed by atoms with van der Waals surface area (Å²) in [7, 11) is 2.12. The molecule has 3 rings (SSSR count). The lowest BCUT2D eigenvalue weighted by Gasteiger charge is -2.35. The molecule has 1 aliphatic rings. The van der Waals surface area contributed by atoms with Crippen LogP contribution >= 0.6 is 0 Å². The maximum absolute atomic E-state index is 12.4. The van der Waals surface area contributed by atoms with E-state index in [1.807, 2.05) is 43.3 Å². The molecule has 0 aliphatic carbocycles. The van der Waals surface area contributed by atoms with Gasteiger partial charge in [0, 0.05) is 31.9 Å². The zero-order valence-electron chi connectivity index (χ0n) is 15.4. The fourth-order valence-electron chi connectivity index (χ4n) is 3.02. The number of carbonyl (C=O) groups is 1. The molecule has 1 heterocycles. The number of carbonyl (C=O) groups excluding carboxylic acids is 1. The predicted octanol–water partition coefficient (Wildman–Crippen LogP) is 2.35. The van der Waals surface area contributed by atoms with E-state index >= 15 is 0 Å². The molecule has 0 bridgehead atoms. The zero-order valence-corrected chi connectivity index (χ0v) is 15.4. The van der Waals surface area contributed by atoms with Crippen molar-refractivity contribution < 1.29 is 9.53 Å². The molecular formula is C20H26N4O2. The number of anilines is 3. The number of nitrogens with two attached hydrogens (primary N) is 1. The van der Waals surface area contributed by atoms with Crippen LogP contribution in [-0.4, -0.2) is 50.6 Å². The first-order valence-corrected chi connectivity index (χ1v) is 8.84. The van der Waals surface area contributed by atoms with E-state index in [0.29, 0.717) is 5.69 Å². The van der Waals surface area contributed by atoms with E-state index in [9.17, 15) is 4.79 Å². The number of para-hydroxylation sites is 1. The number of nitrogen functional groups attached to an aromatic ring is 1. The molecule has 0 atom stereocenters. The Hall–Kier alpha value is -2.73. The Balaban J connectivity index is 1.67. The number of nitrogens with zero attached hydrogens (tertiary/aromatic N) is 2. The van der Waals surface area contributed by atoms with E-state index < -0.39 is 0 Å². The largest absolute Gasteiger partial charge is 0.483 e. The third kappa shape index (κ3) is 4.46. The number of likely N-dealkylation sites (N-methyl/N-ethyl adjacent to an activating group) is 1. The van der Waals surface area contributed by atoms with Gasteiger partial charge in [0.2, 0.25) is 0 Å². The third-order valence-electron chi connectivity index (χ3n) is 4.59. The second-order valence-electron chi connectivity index (χ2n) is 6.67. The quantitative estimate of drug-likeness (QED) is 0.807. The lowest BCUT2D eigenvalue weighted by molar-refractivity contribution is -0.118. The van der Waals surface area contributed by atoms with Crippen molar-refractivity contribution in [2.24, 2.45) is 0 Å². The van der Waals surface area contributed by atoms with Crippen LogP contribution in [0, 0.1) is 6.92 Å². The highest BCUT2D eigenvalue weighted by atomic mass is 16.5. The Bertz CT molecular complexity index is 770. The number of hydrogen-bond acceptors (Lipinski definition) is 5. The second-order valence-corrected chi connectivity index (χ2v) is 6.67. The van der Waals surface area contributed by atoms with Gasteiger partial charge in [-0.1, -0.05) is 18.2 Å². The topological polar surface area (TPSA) is 70.8 Å². The summed E-state index contributed by atoms with van der Waals surface area (Å²) < 4.78 is 5.64. The molecule has 138 valence electrons. The minimum Gasteiger partial charge on any atom is -0.483 e. The summed E-state index contributed by atoms with van der Waals surface area (Å²) in [5.74, 6) is 0.517. The molecule has 0 spiro atoms. The highest BCUT2D eigenvalue weighted by Gasteiger charge is 2.18. The molecule has 0 radical (unpaired) electrons. The molecule has 26 heavy (non-hydrogen) atoms. The number of nitrogens with one attached hydrogen (secondary N) is 1. The van der Waals surface area contributed by atoms with Crippen molar-refractivity contribution in [2.75, 3.05) is 55.8 Å². The molecule has 0 saturated carbocycles. The van der Waals surface area contributed by atoms with Crippen LogP contribution in [0.5, 0.6) is 5.75 Å². The lowest BCUT2D eigenvalue weighted by atomic mass is 10.2. The van der Waals surface area contributed by atoms with Gasteiger partial charge in [-0.3, -0.25) is 4.79 Å². The van der Waals surface area contributed by atoms with E-state index in [1.165, 1.54) is 0 Å². The number of piperazine rings is 1. The number of benzene rings is 2. The average Bonchev–Trinajstić information content (AvgIpc) is 2.62. The summed E-state index contributed by atoms with van der Waals surface area (Å²) >= 11 is 0. The lowest BCUT2D eigenvalue weighted by Crippen LogP contribution is -2.44. The van der Waals surface area contributed by atoms with E-state index in [0.717, 1.165) is 48.9 Å². The van der Waals surface area contributed by atoms with Crippen molar-refractivity contribution in [3.8, 4) is 5.75 Å². The maximum Gasteiger partial charge on any atom is 0.262 e. The summed E-state index contributed by atoms with van der Waals surface area (Å²) in [4.78, 5) is 17.0. The first-order valence-electron chi connectivity index (χ1n) is 8.84. The fourth-order valence-corrected chi connectivity index (χ4v) is 3.02. The van der Waals surface area contributed by atoms with E-state index in [-0.39, 0.29) is 12.5 Å². The van der Waals surface area contributed by atoms with Gasteiger partial charge in [0.15, 0.2) is 6.61 Å². The Morgan fingerprint density at radius 1 is 1.15 bits per heavy atom. The minimum absolute atomic E-state index is 0.0399. The van der Waals surface area contributed by atoms with Crippen LogP contribution in [0.25, 0.3) is 0 Å². The number of amides is 1. The number of rotatable bonds is 5.